The highest BCUT2D eigenvalue weighted by Crippen LogP contribution is 2.60. The van der Waals surface area contributed by atoms with Crippen molar-refractivity contribution in [3.8, 4) is 11.5 Å². The Morgan fingerprint density at radius 2 is 2.05 bits per heavy atom. The fourth-order valence-electron chi connectivity index (χ4n) is 1.89. The maximum atomic E-state index is 12.8. The summed E-state index contributed by atoms with van der Waals surface area (Å²) in [5.41, 5.74) is 0.616. The van der Waals surface area contributed by atoms with Crippen LogP contribution in [-0.4, -0.2) is 26.3 Å². The monoisotopic (exact) mass is 312 g/mol. The van der Waals surface area contributed by atoms with Gasteiger partial charge in [-0.25, -0.2) is 9.36 Å². The summed E-state index contributed by atoms with van der Waals surface area (Å²) >= 11 is 0. The van der Waals surface area contributed by atoms with Crippen molar-refractivity contribution >= 4 is 19.6 Å². The third-order valence-corrected chi connectivity index (χ3v) is 4.75. The smallest absolute Gasteiger partial charge is 0.418 e. The Morgan fingerprint density at radius 1 is 1.29 bits per heavy atom. The number of fused-ring (bicyclic) bond motifs is 1. The molecule has 0 aliphatic carbocycles. The second-order valence-corrected chi connectivity index (χ2v) is 6.08. The first-order valence-corrected chi connectivity index (χ1v) is 8.10. The average molecular weight is 312 g/mol. The van der Waals surface area contributed by atoms with E-state index in [1.807, 2.05) is 0 Å². The summed E-state index contributed by atoms with van der Waals surface area (Å²) in [5.74, 6) is 0.208. The molecule has 0 amide bonds. The summed E-state index contributed by atoms with van der Waals surface area (Å²) in [4.78, 5) is 12.0. The fraction of sp³-hybridized carbons (Fsp3) is 0.357. The zero-order chi connectivity index (χ0) is 15.5. The SMILES string of the molecule is CCOC(=O)C1=Cc2ccc(OC)cc2OP1(=O)OCC. The zero-order valence-corrected chi connectivity index (χ0v) is 13.0. The van der Waals surface area contributed by atoms with E-state index in [4.69, 9.17) is 18.5 Å². The number of hydrogen-bond donors (Lipinski definition) is 0. The van der Waals surface area contributed by atoms with Crippen LogP contribution in [0.5, 0.6) is 11.5 Å². The van der Waals surface area contributed by atoms with Crippen molar-refractivity contribution < 1.29 is 27.9 Å². The number of carbonyl (C=O) groups is 1. The van der Waals surface area contributed by atoms with Crippen LogP contribution in [0.3, 0.4) is 0 Å². The second-order valence-electron chi connectivity index (χ2n) is 4.16. The van der Waals surface area contributed by atoms with Crippen molar-refractivity contribution in [2.75, 3.05) is 20.3 Å². The summed E-state index contributed by atoms with van der Waals surface area (Å²) in [7, 11) is -2.22. The van der Waals surface area contributed by atoms with Gasteiger partial charge in [0.2, 0.25) is 0 Å². The van der Waals surface area contributed by atoms with Crippen molar-refractivity contribution in [1.82, 2.24) is 0 Å². The molecule has 1 unspecified atom stereocenters. The predicted molar refractivity (Wildman–Crippen MR) is 77.5 cm³/mol. The standard InChI is InChI=1S/C14H17O6P/c1-4-18-14(15)13-8-10-6-7-11(17-3)9-12(10)20-21(13,16)19-5-2/h6-9H,4-5H2,1-3H3. The molecule has 0 aromatic heterocycles. The number of methoxy groups -OCH3 is 1. The Morgan fingerprint density at radius 3 is 2.67 bits per heavy atom. The van der Waals surface area contributed by atoms with Crippen molar-refractivity contribution in [3.05, 3.63) is 29.1 Å². The minimum atomic E-state index is -3.74. The zero-order valence-electron chi connectivity index (χ0n) is 12.1. The average Bonchev–Trinajstić information content (AvgIpc) is 2.46. The van der Waals surface area contributed by atoms with Gasteiger partial charge in [-0.3, -0.25) is 4.52 Å². The van der Waals surface area contributed by atoms with E-state index in [1.54, 1.807) is 32.0 Å². The van der Waals surface area contributed by atoms with Gasteiger partial charge in [0, 0.05) is 11.6 Å². The molecule has 114 valence electrons. The maximum Gasteiger partial charge on any atom is 0.418 e. The summed E-state index contributed by atoms with van der Waals surface area (Å²) in [5, 5.41) is -0.0936. The van der Waals surface area contributed by atoms with Crippen LogP contribution in [0, 0.1) is 0 Å². The molecule has 0 spiro atoms. The van der Waals surface area contributed by atoms with E-state index in [1.165, 1.54) is 13.2 Å². The van der Waals surface area contributed by atoms with Crippen LogP contribution in [-0.2, 0) is 18.6 Å². The van der Waals surface area contributed by atoms with Gasteiger partial charge in [0.25, 0.3) is 0 Å². The van der Waals surface area contributed by atoms with Crippen LogP contribution in [0.15, 0.2) is 23.5 Å². The minimum Gasteiger partial charge on any atom is -0.497 e. The Kier molecular flexibility index (Phi) is 4.70. The summed E-state index contributed by atoms with van der Waals surface area (Å²) in [6.45, 7) is 3.67. The molecule has 0 N–H and O–H groups in total. The molecular formula is C14H17O6P. The molecule has 1 aliphatic heterocycles. The van der Waals surface area contributed by atoms with Crippen molar-refractivity contribution in [2.45, 2.75) is 13.8 Å². The number of carbonyl (C=O) groups excluding carboxylic acids is 1. The topological polar surface area (TPSA) is 71.1 Å². The van der Waals surface area contributed by atoms with Gasteiger partial charge >= 0.3 is 13.6 Å². The summed E-state index contributed by atoms with van der Waals surface area (Å²) in [6, 6.07) is 5.03. The second kappa shape index (κ2) is 6.33. The van der Waals surface area contributed by atoms with E-state index in [-0.39, 0.29) is 18.5 Å². The van der Waals surface area contributed by atoms with Crippen LogP contribution < -0.4 is 9.26 Å². The molecule has 0 bridgehead atoms. The summed E-state index contributed by atoms with van der Waals surface area (Å²) < 4.78 is 33.5. The maximum absolute atomic E-state index is 12.8. The van der Waals surface area contributed by atoms with Crippen molar-refractivity contribution in [2.24, 2.45) is 0 Å². The highest BCUT2D eigenvalue weighted by atomic mass is 31.2. The first-order valence-electron chi connectivity index (χ1n) is 6.55. The van der Waals surface area contributed by atoms with Gasteiger partial charge in [-0.1, -0.05) is 0 Å². The molecule has 7 heteroatoms. The lowest BCUT2D eigenvalue weighted by Gasteiger charge is -2.25. The molecule has 1 aromatic rings. The first-order chi connectivity index (χ1) is 10.0. The molecule has 0 saturated carbocycles. The van der Waals surface area contributed by atoms with Crippen LogP contribution >= 0.6 is 7.60 Å². The van der Waals surface area contributed by atoms with E-state index in [2.05, 4.69) is 0 Å². The Hall–Kier alpha value is -1.78. The highest BCUT2D eigenvalue weighted by Gasteiger charge is 2.41. The van der Waals surface area contributed by atoms with Gasteiger partial charge in [0.05, 0.1) is 20.3 Å². The van der Waals surface area contributed by atoms with E-state index in [9.17, 15) is 9.36 Å². The van der Waals surface area contributed by atoms with E-state index in [0.717, 1.165) is 0 Å². The number of esters is 1. The van der Waals surface area contributed by atoms with E-state index in [0.29, 0.717) is 17.1 Å². The molecular weight excluding hydrogens is 295 g/mol. The van der Waals surface area contributed by atoms with Gasteiger partial charge in [-0.05, 0) is 32.1 Å². The number of rotatable bonds is 5. The molecule has 6 nitrogen and oxygen atoms in total. The van der Waals surface area contributed by atoms with E-state index < -0.39 is 13.6 Å². The van der Waals surface area contributed by atoms with Gasteiger partial charge in [0.1, 0.15) is 11.5 Å². The highest BCUT2D eigenvalue weighted by molar-refractivity contribution is 7.60. The molecule has 1 aromatic carbocycles. The van der Waals surface area contributed by atoms with Crippen molar-refractivity contribution in [1.29, 1.82) is 0 Å². The molecule has 0 fully saturated rings. The van der Waals surface area contributed by atoms with Gasteiger partial charge in [-0.2, -0.15) is 0 Å². The van der Waals surface area contributed by atoms with Gasteiger partial charge < -0.3 is 14.0 Å². The molecule has 0 saturated heterocycles. The number of benzene rings is 1. The molecule has 1 aliphatic rings. The quantitative estimate of drug-likeness (QED) is 0.614. The summed E-state index contributed by atoms with van der Waals surface area (Å²) in [6.07, 6.45) is 1.48. The largest absolute Gasteiger partial charge is 0.497 e. The minimum absolute atomic E-state index is 0.0936. The van der Waals surface area contributed by atoms with E-state index >= 15 is 0 Å². The third-order valence-electron chi connectivity index (χ3n) is 2.81. The molecule has 2 rings (SSSR count). The fourth-order valence-corrected chi connectivity index (χ4v) is 3.52. The van der Waals surface area contributed by atoms with Crippen molar-refractivity contribution in [3.63, 3.8) is 0 Å². The lowest BCUT2D eigenvalue weighted by molar-refractivity contribution is -0.137. The van der Waals surface area contributed by atoms with Gasteiger partial charge in [0.15, 0.2) is 5.31 Å². The predicted octanol–water partition coefficient (Wildman–Crippen LogP) is 3.22. The van der Waals surface area contributed by atoms with Crippen LogP contribution in [0.25, 0.3) is 6.08 Å². The molecule has 0 radical (unpaired) electrons. The Bertz CT molecular complexity index is 622. The van der Waals surface area contributed by atoms with Gasteiger partial charge in [-0.15, -0.1) is 0 Å². The normalized spacial score (nSPS) is 20.0. The molecule has 1 atom stereocenters. The van der Waals surface area contributed by atoms with Crippen LogP contribution in [0.2, 0.25) is 0 Å². The molecule has 21 heavy (non-hydrogen) atoms. The first kappa shape index (κ1) is 15.6. The Labute approximate surface area is 123 Å². The Balaban J connectivity index is 2.49. The number of ether oxygens (including phenoxy) is 2. The lowest BCUT2D eigenvalue weighted by atomic mass is 10.1. The lowest BCUT2D eigenvalue weighted by Crippen LogP contribution is -2.15. The number of hydrogen-bond acceptors (Lipinski definition) is 6. The van der Waals surface area contributed by atoms with Crippen LogP contribution in [0.4, 0.5) is 0 Å². The van der Waals surface area contributed by atoms with Crippen LogP contribution in [0.1, 0.15) is 19.4 Å². The third kappa shape index (κ3) is 3.12. The molecule has 1 heterocycles.